The number of nitrogens with one attached hydrogen (secondary N) is 2. The van der Waals surface area contributed by atoms with E-state index in [1.54, 1.807) is 4.90 Å². The average Bonchev–Trinajstić information content (AvgIpc) is 3.24. The zero-order valence-electron chi connectivity index (χ0n) is 16.4. The monoisotopic (exact) mass is 382 g/mol. The molecule has 154 valence electrons. The van der Waals surface area contributed by atoms with Crippen LogP contribution in [0.2, 0.25) is 0 Å². The second kappa shape index (κ2) is 9.05. The maximum atomic E-state index is 11.6. The number of carbonyl (C=O) groups excluding carboxylic acids is 1. The first-order valence-corrected chi connectivity index (χ1v) is 10.6. The Morgan fingerprint density at radius 2 is 1.67 bits per heavy atom. The van der Waals surface area contributed by atoms with Crippen LogP contribution in [-0.4, -0.2) is 80.8 Å². The summed E-state index contributed by atoms with van der Waals surface area (Å²) in [6.45, 7) is 5.45. The summed E-state index contributed by atoms with van der Waals surface area (Å²) in [7, 11) is 1.45. The molecule has 4 fully saturated rings. The van der Waals surface area contributed by atoms with Crippen LogP contribution in [0.1, 0.15) is 38.5 Å². The SMILES string of the molecule is COC(=O)N1CCC(C2NOC(C3CCC(N4CCOCC4)CC3)N2)CC1. The molecule has 0 spiro atoms. The molecule has 4 aliphatic rings. The zero-order valence-corrected chi connectivity index (χ0v) is 16.4. The molecule has 0 aromatic carbocycles. The standard InChI is InChI=1S/C19H34N4O4/c1-25-19(24)23-8-6-14(7-9-23)17-20-18(27-21-17)15-2-4-16(5-3-15)22-10-12-26-13-11-22/h14-18,20-21H,2-13H2,1H3. The number of carbonyl (C=O) groups is 1. The van der Waals surface area contributed by atoms with Crippen LogP contribution in [0.15, 0.2) is 0 Å². The Morgan fingerprint density at radius 1 is 0.963 bits per heavy atom. The Kier molecular flexibility index (Phi) is 6.50. The summed E-state index contributed by atoms with van der Waals surface area (Å²) in [5, 5.41) is 3.68. The molecule has 1 amide bonds. The molecule has 8 nitrogen and oxygen atoms in total. The van der Waals surface area contributed by atoms with E-state index in [0.29, 0.717) is 11.8 Å². The molecule has 4 rings (SSSR count). The fourth-order valence-corrected chi connectivity index (χ4v) is 5.11. The van der Waals surface area contributed by atoms with E-state index in [1.807, 2.05) is 0 Å². The molecule has 3 saturated heterocycles. The minimum atomic E-state index is -0.216. The fraction of sp³-hybridized carbons (Fsp3) is 0.947. The molecule has 8 heteroatoms. The van der Waals surface area contributed by atoms with Crippen LogP contribution in [-0.2, 0) is 14.3 Å². The molecule has 1 saturated carbocycles. The van der Waals surface area contributed by atoms with E-state index in [0.717, 1.165) is 58.3 Å². The van der Waals surface area contributed by atoms with Crippen molar-refractivity contribution in [3.8, 4) is 0 Å². The van der Waals surface area contributed by atoms with Gasteiger partial charge in [0, 0.05) is 38.1 Å². The van der Waals surface area contributed by atoms with Crippen LogP contribution in [0.4, 0.5) is 4.79 Å². The Balaban J connectivity index is 1.20. The number of ether oxygens (including phenoxy) is 2. The van der Waals surface area contributed by atoms with E-state index in [4.69, 9.17) is 14.3 Å². The number of likely N-dealkylation sites (tertiary alicyclic amines) is 1. The predicted octanol–water partition coefficient (Wildman–Crippen LogP) is 1.13. The van der Waals surface area contributed by atoms with E-state index >= 15 is 0 Å². The lowest BCUT2D eigenvalue weighted by Crippen LogP contribution is -2.49. The molecule has 3 aliphatic heterocycles. The van der Waals surface area contributed by atoms with Gasteiger partial charge in [-0.2, -0.15) is 5.48 Å². The van der Waals surface area contributed by atoms with Crippen LogP contribution < -0.4 is 10.8 Å². The number of nitrogens with zero attached hydrogens (tertiary/aromatic N) is 2. The Bertz CT molecular complexity index is 486. The lowest BCUT2D eigenvalue weighted by molar-refractivity contribution is -0.0382. The highest BCUT2D eigenvalue weighted by molar-refractivity contribution is 5.67. The molecule has 0 radical (unpaired) electrons. The van der Waals surface area contributed by atoms with Crippen molar-refractivity contribution in [2.24, 2.45) is 11.8 Å². The topological polar surface area (TPSA) is 75.3 Å². The third-order valence-corrected chi connectivity index (χ3v) is 6.84. The fourth-order valence-electron chi connectivity index (χ4n) is 5.11. The maximum absolute atomic E-state index is 11.6. The average molecular weight is 383 g/mol. The minimum Gasteiger partial charge on any atom is -0.453 e. The van der Waals surface area contributed by atoms with Gasteiger partial charge in [0.1, 0.15) is 6.23 Å². The second-order valence-corrected chi connectivity index (χ2v) is 8.31. The normalized spacial score (nSPS) is 36.7. The summed E-state index contributed by atoms with van der Waals surface area (Å²) < 4.78 is 10.3. The first-order chi connectivity index (χ1) is 13.2. The summed E-state index contributed by atoms with van der Waals surface area (Å²) in [5.41, 5.74) is 3.23. The van der Waals surface area contributed by atoms with Crippen molar-refractivity contribution in [2.75, 3.05) is 46.5 Å². The van der Waals surface area contributed by atoms with Gasteiger partial charge >= 0.3 is 6.09 Å². The molecule has 3 heterocycles. The van der Waals surface area contributed by atoms with Gasteiger partial charge in [-0.1, -0.05) is 0 Å². The summed E-state index contributed by atoms with van der Waals surface area (Å²) >= 11 is 0. The first kappa shape index (κ1) is 19.4. The van der Waals surface area contributed by atoms with Crippen molar-refractivity contribution in [1.82, 2.24) is 20.6 Å². The van der Waals surface area contributed by atoms with Crippen molar-refractivity contribution in [3.05, 3.63) is 0 Å². The molecule has 2 unspecified atom stereocenters. The number of amides is 1. The van der Waals surface area contributed by atoms with E-state index in [1.165, 1.54) is 32.8 Å². The number of morpholine rings is 1. The predicted molar refractivity (Wildman–Crippen MR) is 99.8 cm³/mol. The number of hydroxylamine groups is 1. The number of piperidine rings is 1. The van der Waals surface area contributed by atoms with Crippen LogP contribution in [0, 0.1) is 11.8 Å². The number of methoxy groups -OCH3 is 1. The molecular weight excluding hydrogens is 348 g/mol. The second-order valence-electron chi connectivity index (χ2n) is 8.31. The van der Waals surface area contributed by atoms with Gasteiger partial charge in [0.15, 0.2) is 0 Å². The Hall–Kier alpha value is -0.930. The quantitative estimate of drug-likeness (QED) is 0.758. The van der Waals surface area contributed by atoms with E-state index in [2.05, 4.69) is 15.7 Å². The van der Waals surface area contributed by atoms with Crippen LogP contribution in [0.25, 0.3) is 0 Å². The summed E-state index contributed by atoms with van der Waals surface area (Å²) in [4.78, 5) is 22.0. The highest BCUT2D eigenvalue weighted by Crippen LogP contribution is 2.32. The van der Waals surface area contributed by atoms with Gasteiger partial charge < -0.3 is 14.4 Å². The summed E-state index contributed by atoms with van der Waals surface area (Å²) in [5.74, 6) is 1.07. The van der Waals surface area contributed by atoms with Crippen molar-refractivity contribution in [3.63, 3.8) is 0 Å². The van der Waals surface area contributed by atoms with Gasteiger partial charge in [-0.15, -0.1) is 0 Å². The highest BCUT2D eigenvalue weighted by Gasteiger charge is 2.39. The van der Waals surface area contributed by atoms with Crippen molar-refractivity contribution in [2.45, 2.75) is 57.0 Å². The molecular formula is C19H34N4O4. The summed E-state index contributed by atoms with van der Waals surface area (Å²) in [6.07, 6.45) is 6.98. The molecule has 27 heavy (non-hydrogen) atoms. The number of rotatable bonds is 3. The van der Waals surface area contributed by atoms with Crippen molar-refractivity contribution in [1.29, 1.82) is 0 Å². The zero-order chi connectivity index (χ0) is 18.6. The van der Waals surface area contributed by atoms with Gasteiger partial charge in [-0.05, 0) is 44.4 Å². The molecule has 0 bridgehead atoms. The van der Waals surface area contributed by atoms with Gasteiger partial charge in [0.2, 0.25) is 0 Å². The minimum absolute atomic E-state index is 0.110. The van der Waals surface area contributed by atoms with Crippen LogP contribution in [0.3, 0.4) is 0 Å². The molecule has 1 aliphatic carbocycles. The van der Waals surface area contributed by atoms with Gasteiger partial charge in [-0.25, -0.2) is 4.79 Å². The smallest absolute Gasteiger partial charge is 0.409 e. The molecule has 0 aromatic rings. The van der Waals surface area contributed by atoms with Gasteiger partial charge in [0.05, 0.1) is 26.5 Å². The van der Waals surface area contributed by atoms with Crippen LogP contribution in [0.5, 0.6) is 0 Å². The Morgan fingerprint density at radius 3 is 2.33 bits per heavy atom. The third-order valence-electron chi connectivity index (χ3n) is 6.84. The first-order valence-electron chi connectivity index (χ1n) is 10.6. The third kappa shape index (κ3) is 4.56. The number of hydrogen-bond donors (Lipinski definition) is 2. The number of hydrogen-bond acceptors (Lipinski definition) is 7. The van der Waals surface area contributed by atoms with E-state index in [-0.39, 0.29) is 18.5 Å². The molecule has 2 N–H and O–H groups in total. The highest BCUT2D eigenvalue weighted by atomic mass is 16.7. The van der Waals surface area contributed by atoms with Crippen molar-refractivity contribution < 1.29 is 19.1 Å². The largest absolute Gasteiger partial charge is 0.453 e. The van der Waals surface area contributed by atoms with Gasteiger partial charge in [0.25, 0.3) is 0 Å². The lowest BCUT2D eigenvalue weighted by Gasteiger charge is -2.39. The lowest BCUT2D eigenvalue weighted by atomic mass is 9.84. The molecule has 0 aromatic heterocycles. The van der Waals surface area contributed by atoms with E-state index in [9.17, 15) is 4.79 Å². The van der Waals surface area contributed by atoms with Gasteiger partial charge in [-0.3, -0.25) is 15.1 Å². The van der Waals surface area contributed by atoms with E-state index < -0.39 is 0 Å². The maximum Gasteiger partial charge on any atom is 0.409 e. The Labute approximate surface area is 161 Å². The van der Waals surface area contributed by atoms with Crippen molar-refractivity contribution >= 4 is 6.09 Å². The molecule has 2 atom stereocenters. The summed E-state index contributed by atoms with van der Waals surface area (Å²) in [6, 6.07) is 0.720. The van der Waals surface area contributed by atoms with Crippen LogP contribution >= 0.6 is 0 Å².